The van der Waals surface area contributed by atoms with Gasteiger partial charge in [0.15, 0.2) is 0 Å². The number of likely N-dealkylation sites (tertiary alicyclic amines) is 1. The highest BCUT2D eigenvalue weighted by atomic mass is 32.2. The van der Waals surface area contributed by atoms with E-state index in [-0.39, 0.29) is 24.5 Å². The Bertz CT molecular complexity index is 765. The number of aromatic nitrogens is 1. The van der Waals surface area contributed by atoms with Crippen molar-refractivity contribution in [3.8, 4) is 0 Å². The molecule has 11 heteroatoms. The number of amides is 1. The lowest BCUT2D eigenvalue weighted by atomic mass is 10.0. The second kappa shape index (κ2) is 7.72. The molecule has 0 aromatic carbocycles. The predicted octanol–water partition coefficient (Wildman–Crippen LogP) is 0.941. The van der Waals surface area contributed by atoms with Gasteiger partial charge in [-0.2, -0.15) is 17.5 Å². The molecule has 2 saturated heterocycles. The Morgan fingerprint density at radius 2 is 1.85 bits per heavy atom. The maximum Gasteiger partial charge on any atom is 0.406 e. The minimum atomic E-state index is -4.42. The molecule has 150 valence electrons. The molecule has 7 nitrogen and oxygen atoms in total. The molecular formula is C16H21F3N4O3S. The van der Waals surface area contributed by atoms with Crippen LogP contribution >= 0.6 is 0 Å². The molecule has 0 saturated carbocycles. The lowest BCUT2D eigenvalue weighted by Gasteiger charge is -2.42. The quantitative estimate of drug-likeness (QED) is 0.744. The summed E-state index contributed by atoms with van der Waals surface area (Å²) in [5.41, 5.74) is 0. The number of nitrogens with zero attached hydrogens (tertiary/aromatic N) is 4. The maximum absolute atomic E-state index is 12.6. The van der Waals surface area contributed by atoms with Crippen LogP contribution in [0, 0.1) is 0 Å². The summed E-state index contributed by atoms with van der Waals surface area (Å²) < 4.78 is 64.5. The van der Waals surface area contributed by atoms with Gasteiger partial charge in [0.25, 0.3) is 0 Å². The van der Waals surface area contributed by atoms with E-state index in [0.717, 1.165) is 4.90 Å². The average Bonchev–Trinajstić information content (AvgIpc) is 2.63. The van der Waals surface area contributed by atoms with Gasteiger partial charge in [-0.05, 0) is 25.0 Å². The first-order chi connectivity index (χ1) is 12.7. The van der Waals surface area contributed by atoms with Crippen LogP contribution in [0.1, 0.15) is 12.8 Å². The molecule has 1 unspecified atom stereocenters. The van der Waals surface area contributed by atoms with Crippen molar-refractivity contribution in [2.24, 2.45) is 0 Å². The molecule has 0 spiro atoms. The van der Waals surface area contributed by atoms with E-state index in [1.165, 1.54) is 22.8 Å². The van der Waals surface area contributed by atoms with Crippen molar-refractivity contribution in [2.75, 3.05) is 39.3 Å². The molecule has 1 atom stereocenters. The Morgan fingerprint density at radius 3 is 2.44 bits per heavy atom. The third kappa shape index (κ3) is 4.58. The first-order valence-corrected chi connectivity index (χ1v) is 10.1. The van der Waals surface area contributed by atoms with E-state index < -0.39 is 34.7 Å². The molecule has 0 N–H and O–H groups in total. The highest BCUT2D eigenvalue weighted by Crippen LogP contribution is 2.24. The summed E-state index contributed by atoms with van der Waals surface area (Å²) in [5, 5.41) is 0. The van der Waals surface area contributed by atoms with Crippen molar-refractivity contribution < 1.29 is 26.4 Å². The number of sulfonamides is 1. The molecule has 1 amide bonds. The minimum absolute atomic E-state index is 0.101. The summed E-state index contributed by atoms with van der Waals surface area (Å²) in [6, 6.07) is 2.39. The number of halogens is 3. The van der Waals surface area contributed by atoms with Gasteiger partial charge in [0.05, 0.1) is 6.04 Å². The van der Waals surface area contributed by atoms with Gasteiger partial charge in [0, 0.05) is 45.1 Å². The van der Waals surface area contributed by atoms with E-state index in [1.807, 2.05) is 0 Å². The first kappa shape index (κ1) is 20.0. The number of hydrogen-bond donors (Lipinski definition) is 0. The predicted molar refractivity (Wildman–Crippen MR) is 90.2 cm³/mol. The molecule has 1 aromatic rings. The van der Waals surface area contributed by atoms with Crippen LogP contribution < -0.4 is 0 Å². The van der Waals surface area contributed by atoms with Crippen LogP contribution in [0.4, 0.5) is 13.2 Å². The van der Waals surface area contributed by atoms with Gasteiger partial charge in [0.2, 0.25) is 15.9 Å². The van der Waals surface area contributed by atoms with E-state index in [2.05, 4.69) is 4.98 Å². The molecule has 0 radical (unpaired) electrons. The van der Waals surface area contributed by atoms with Crippen molar-refractivity contribution in [3.05, 3.63) is 24.5 Å². The van der Waals surface area contributed by atoms with Crippen molar-refractivity contribution in [1.29, 1.82) is 0 Å². The van der Waals surface area contributed by atoms with Crippen molar-refractivity contribution in [3.63, 3.8) is 0 Å². The molecule has 2 aliphatic heterocycles. The molecule has 1 aromatic heterocycles. The highest BCUT2D eigenvalue weighted by Gasteiger charge is 2.40. The van der Waals surface area contributed by atoms with Gasteiger partial charge in [-0.3, -0.25) is 14.7 Å². The summed E-state index contributed by atoms with van der Waals surface area (Å²) in [4.78, 5) is 19.0. The number of piperidine rings is 1. The number of hydrogen-bond acceptors (Lipinski definition) is 5. The Morgan fingerprint density at radius 1 is 1.15 bits per heavy atom. The molecule has 3 heterocycles. The van der Waals surface area contributed by atoms with Crippen molar-refractivity contribution >= 4 is 15.9 Å². The largest absolute Gasteiger partial charge is 0.406 e. The molecule has 2 aliphatic rings. The monoisotopic (exact) mass is 406 g/mol. The Labute approximate surface area is 155 Å². The van der Waals surface area contributed by atoms with Crippen LogP contribution in [0.25, 0.3) is 0 Å². The number of alkyl halides is 3. The van der Waals surface area contributed by atoms with Gasteiger partial charge in [-0.1, -0.05) is 0 Å². The highest BCUT2D eigenvalue weighted by molar-refractivity contribution is 7.89. The molecule has 3 rings (SSSR count). The molecule has 0 bridgehead atoms. The molecular weight excluding hydrogens is 385 g/mol. The fourth-order valence-corrected chi connectivity index (χ4v) is 4.92. The van der Waals surface area contributed by atoms with Gasteiger partial charge in [0.1, 0.15) is 11.4 Å². The van der Waals surface area contributed by atoms with Crippen LogP contribution in [-0.4, -0.2) is 84.9 Å². The lowest BCUT2D eigenvalue weighted by molar-refractivity contribution is -0.168. The Hall–Kier alpha value is -1.72. The van der Waals surface area contributed by atoms with E-state index in [4.69, 9.17) is 0 Å². The van der Waals surface area contributed by atoms with E-state index in [1.54, 1.807) is 11.0 Å². The molecule has 2 fully saturated rings. The topological polar surface area (TPSA) is 73.8 Å². The number of carbonyl (C=O) groups is 1. The summed E-state index contributed by atoms with van der Waals surface area (Å²) in [6.07, 6.45) is -0.670. The minimum Gasteiger partial charge on any atom is -0.332 e. The van der Waals surface area contributed by atoms with Crippen molar-refractivity contribution in [1.82, 2.24) is 19.1 Å². The maximum atomic E-state index is 12.6. The Balaban J connectivity index is 1.63. The third-order valence-corrected chi connectivity index (χ3v) is 6.74. The zero-order chi connectivity index (χ0) is 19.7. The van der Waals surface area contributed by atoms with E-state index in [9.17, 15) is 26.4 Å². The summed E-state index contributed by atoms with van der Waals surface area (Å²) in [6.45, 7) is -0.173. The molecule has 0 aliphatic carbocycles. The Kier molecular flexibility index (Phi) is 5.73. The number of piperazine rings is 1. The smallest absolute Gasteiger partial charge is 0.332 e. The van der Waals surface area contributed by atoms with Crippen molar-refractivity contribution in [2.45, 2.75) is 30.0 Å². The van der Waals surface area contributed by atoms with Crippen LogP contribution in [-0.2, 0) is 14.8 Å². The first-order valence-electron chi connectivity index (χ1n) is 8.68. The second-order valence-electron chi connectivity index (χ2n) is 6.66. The number of rotatable bonds is 4. The van der Waals surface area contributed by atoms with Crippen LogP contribution in [0.2, 0.25) is 0 Å². The average molecular weight is 406 g/mol. The van der Waals surface area contributed by atoms with Crippen LogP contribution in [0.3, 0.4) is 0 Å². The summed E-state index contributed by atoms with van der Waals surface area (Å²) >= 11 is 0. The fraction of sp³-hybridized carbons (Fsp3) is 0.625. The van der Waals surface area contributed by atoms with Gasteiger partial charge < -0.3 is 4.90 Å². The standard InChI is InChI=1S/C16H21F3N4O3S/c17-16(18,19)12-22-6-2-4-14(15(22)24)21-7-9-23(10-8-21)27(25,26)13-3-1-5-20-11-13/h1,3,5,11,14H,2,4,6-10,12H2. The summed E-state index contributed by atoms with van der Waals surface area (Å²) in [7, 11) is -3.66. The fourth-order valence-electron chi connectivity index (χ4n) is 3.54. The van der Waals surface area contributed by atoms with Gasteiger partial charge in [-0.15, -0.1) is 0 Å². The number of pyridine rings is 1. The molecule has 27 heavy (non-hydrogen) atoms. The zero-order valence-electron chi connectivity index (χ0n) is 14.6. The van der Waals surface area contributed by atoms with Gasteiger partial charge in [-0.25, -0.2) is 8.42 Å². The van der Waals surface area contributed by atoms with E-state index in [0.29, 0.717) is 25.9 Å². The second-order valence-corrected chi connectivity index (χ2v) is 8.60. The third-order valence-electron chi connectivity index (χ3n) is 4.86. The lowest BCUT2D eigenvalue weighted by Crippen LogP contribution is -2.59. The van der Waals surface area contributed by atoms with Gasteiger partial charge >= 0.3 is 6.18 Å². The number of carbonyl (C=O) groups excluding carboxylic acids is 1. The zero-order valence-corrected chi connectivity index (χ0v) is 15.4. The van der Waals surface area contributed by atoms with Crippen LogP contribution in [0.5, 0.6) is 0 Å². The summed E-state index contributed by atoms with van der Waals surface area (Å²) in [5.74, 6) is -0.526. The van der Waals surface area contributed by atoms with Crippen LogP contribution in [0.15, 0.2) is 29.4 Å². The normalized spacial score (nSPS) is 23.6. The SMILES string of the molecule is O=C1C(N2CCN(S(=O)(=O)c3cccnc3)CC2)CCCN1CC(F)(F)F. The van der Waals surface area contributed by atoms with E-state index >= 15 is 0 Å².